The lowest BCUT2D eigenvalue weighted by Gasteiger charge is -2.43. The van der Waals surface area contributed by atoms with Crippen molar-refractivity contribution in [2.75, 3.05) is 13.2 Å². The number of carbonyl (C=O) groups is 4. The van der Waals surface area contributed by atoms with E-state index in [2.05, 4.69) is 36.8 Å². The molecule has 3 amide bonds. The van der Waals surface area contributed by atoms with Gasteiger partial charge in [0.1, 0.15) is 24.7 Å². The van der Waals surface area contributed by atoms with Gasteiger partial charge >= 0.3 is 5.97 Å². The number of hydrogen-bond donors (Lipinski definition) is 4. The number of alkyl halides is 3. The Labute approximate surface area is 337 Å². The molecule has 298 valence electrons. The van der Waals surface area contributed by atoms with Gasteiger partial charge in [-0.2, -0.15) is 0 Å². The first-order valence-electron chi connectivity index (χ1n) is 18.1. The second-order valence-electron chi connectivity index (χ2n) is 16.0. The summed E-state index contributed by atoms with van der Waals surface area (Å²) in [6.07, 6.45) is 3.98. The van der Waals surface area contributed by atoms with E-state index < -0.39 is 69.3 Å². The van der Waals surface area contributed by atoms with Crippen molar-refractivity contribution in [3.8, 4) is 0 Å². The topological polar surface area (TPSA) is 146 Å². The van der Waals surface area contributed by atoms with Gasteiger partial charge in [-0.25, -0.2) is 5.43 Å². The molecular weight excluding hydrogens is 771 g/mol. The highest BCUT2D eigenvalue weighted by molar-refractivity contribution is 6.67. The summed E-state index contributed by atoms with van der Waals surface area (Å²) in [6, 6.07) is 8.90. The van der Waals surface area contributed by atoms with Crippen molar-refractivity contribution in [2.24, 2.45) is 11.3 Å². The second kappa shape index (κ2) is 18.5. The SMILES string of the molecule is CC(C)[C@H](NC(=O)[C@](C)(C=Cc1ccc2ccc([C@@H](C)O)cc2c1)C(C)(C)O[Si]C(C)(C)C)C(=O)N[C@@H](C)C(=O)N1CCC[C@@H](C(=O)OCC(Cl)(Cl)Cl)N1. The van der Waals surface area contributed by atoms with Gasteiger partial charge in [-0.15, -0.1) is 0 Å². The van der Waals surface area contributed by atoms with Gasteiger partial charge < -0.3 is 24.9 Å². The van der Waals surface area contributed by atoms with E-state index in [1.165, 1.54) is 11.9 Å². The maximum atomic E-state index is 14.5. The first-order chi connectivity index (χ1) is 24.8. The van der Waals surface area contributed by atoms with Gasteiger partial charge in [0.25, 0.3) is 5.91 Å². The van der Waals surface area contributed by atoms with Crippen LogP contribution in [0.2, 0.25) is 5.04 Å². The molecule has 5 atom stereocenters. The van der Waals surface area contributed by atoms with Crippen LogP contribution in [0.4, 0.5) is 0 Å². The predicted octanol–water partition coefficient (Wildman–Crippen LogP) is 6.60. The fraction of sp³-hybridized carbons (Fsp3) is 0.590. The van der Waals surface area contributed by atoms with Crippen molar-refractivity contribution in [1.82, 2.24) is 21.1 Å². The minimum atomic E-state index is -1.77. The van der Waals surface area contributed by atoms with Crippen LogP contribution in [0.25, 0.3) is 16.8 Å². The number of carbonyl (C=O) groups excluding carboxylic acids is 4. The van der Waals surface area contributed by atoms with Crippen LogP contribution in [-0.4, -0.2) is 84.2 Å². The summed E-state index contributed by atoms with van der Waals surface area (Å²) in [4.78, 5) is 54.3. The average molecular weight is 826 g/mol. The lowest BCUT2D eigenvalue weighted by Crippen LogP contribution is -2.62. The van der Waals surface area contributed by atoms with Gasteiger partial charge in [-0.1, -0.05) is 106 Å². The molecule has 1 heterocycles. The van der Waals surface area contributed by atoms with Crippen LogP contribution in [0.5, 0.6) is 0 Å². The summed E-state index contributed by atoms with van der Waals surface area (Å²) in [5, 5.41) is 18.9. The number of esters is 1. The minimum Gasteiger partial charge on any atom is -0.460 e. The molecule has 1 aliphatic heterocycles. The first kappa shape index (κ1) is 45.7. The molecule has 54 heavy (non-hydrogen) atoms. The van der Waals surface area contributed by atoms with E-state index in [0.717, 1.165) is 21.9 Å². The summed E-state index contributed by atoms with van der Waals surface area (Å²) in [6.45, 7) is 18.4. The number of hydrazine groups is 1. The zero-order valence-electron chi connectivity index (χ0n) is 32.8. The smallest absolute Gasteiger partial charge is 0.325 e. The van der Waals surface area contributed by atoms with E-state index in [1.807, 2.05) is 76.2 Å². The number of benzene rings is 2. The molecule has 3 rings (SSSR count). The Morgan fingerprint density at radius 2 is 1.63 bits per heavy atom. The van der Waals surface area contributed by atoms with Crippen molar-refractivity contribution < 1.29 is 33.4 Å². The Morgan fingerprint density at radius 3 is 2.22 bits per heavy atom. The van der Waals surface area contributed by atoms with Crippen LogP contribution in [0.3, 0.4) is 0 Å². The summed E-state index contributed by atoms with van der Waals surface area (Å²) in [5.74, 6) is -2.46. The molecule has 1 saturated heterocycles. The van der Waals surface area contributed by atoms with Gasteiger partial charge in [-0.3, -0.25) is 24.2 Å². The molecule has 0 spiro atoms. The highest BCUT2D eigenvalue weighted by Gasteiger charge is 2.48. The van der Waals surface area contributed by atoms with E-state index in [0.29, 0.717) is 19.4 Å². The third-order valence-electron chi connectivity index (χ3n) is 9.39. The largest absolute Gasteiger partial charge is 0.460 e. The highest BCUT2D eigenvalue weighted by atomic mass is 35.6. The lowest BCUT2D eigenvalue weighted by atomic mass is 9.73. The first-order valence-corrected chi connectivity index (χ1v) is 20.2. The van der Waals surface area contributed by atoms with Gasteiger partial charge in [0.15, 0.2) is 0 Å². The molecule has 11 nitrogen and oxygen atoms in total. The maximum absolute atomic E-state index is 14.5. The summed E-state index contributed by atoms with van der Waals surface area (Å²) < 4.78 is 9.79. The molecule has 0 bridgehead atoms. The van der Waals surface area contributed by atoms with E-state index in [-0.39, 0.29) is 20.7 Å². The Balaban J connectivity index is 1.83. The van der Waals surface area contributed by atoms with Crippen molar-refractivity contribution in [3.63, 3.8) is 0 Å². The van der Waals surface area contributed by atoms with Crippen LogP contribution in [0.15, 0.2) is 42.5 Å². The molecule has 2 aromatic rings. The fourth-order valence-electron chi connectivity index (χ4n) is 5.64. The number of amides is 3. The number of nitrogens with one attached hydrogen (secondary N) is 3. The molecule has 1 aliphatic rings. The third kappa shape index (κ3) is 12.7. The standard InChI is InChI=1S/C39H55Cl3N4O7Si/c1-23(2)31(32(48)43-24(3)33(49)46-19-11-12-30(45-46)34(50)52-22-39(40,41)42)44-35(51)38(10,37(8,9)53-54-36(5,6)7)18-17-26-13-14-27-15-16-28(25(4)47)21-29(27)20-26/h13-18,20-21,23-25,30-31,45,47H,11-12,19,22H2,1-10H3,(H,43,48)(H,44,51)/t24-,25+,30-,31-,38-/m0/s1. The number of ether oxygens (including phenoxy) is 1. The maximum Gasteiger partial charge on any atom is 0.325 e. The quantitative estimate of drug-likeness (QED) is 0.0948. The molecule has 1 fully saturated rings. The Morgan fingerprint density at radius 1 is 0.981 bits per heavy atom. The molecule has 2 radical (unpaired) electrons. The van der Waals surface area contributed by atoms with Crippen LogP contribution in [0, 0.1) is 11.3 Å². The highest BCUT2D eigenvalue weighted by Crippen LogP contribution is 2.39. The zero-order chi connectivity index (χ0) is 40.8. The molecule has 0 aromatic heterocycles. The monoisotopic (exact) mass is 824 g/mol. The normalized spacial score (nSPS) is 18.6. The van der Waals surface area contributed by atoms with Crippen LogP contribution >= 0.6 is 34.8 Å². The van der Waals surface area contributed by atoms with Crippen molar-refractivity contribution in [1.29, 1.82) is 0 Å². The molecule has 4 N–H and O–H groups in total. The Bertz CT molecular complexity index is 1690. The summed E-state index contributed by atoms with van der Waals surface area (Å²) in [5.41, 5.74) is 2.21. The summed E-state index contributed by atoms with van der Waals surface area (Å²) >= 11 is 17.1. The molecule has 15 heteroatoms. The zero-order valence-corrected chi connectivity index (χ0v) is 36.1. The van der Waals surface area contributed by atoms with Crippen LogP contribution < -0.4 is 16.1 Å². The Hall–Kier alpha value is -2.71. The molecule has 2 aromatic carbocycles. The van der Waals surface area contributed by atoms with E-state index in [1.54, 1.807) is 13.8 Å². The number of nitrogens with zero attached hydrogens (tertiary/aromatic N) is 1. The number of aliphatic hydroxyl groups is 1. The molecule has 0 unspecified atom stereocenters. The van der Waals surface area contributed by atoms with Gasteiger partial charge in [0.2, 0.25) is 25.4 Å². The number of hydrogen-bond acceptors (Lipinski definition) is 8. The van der Waals surface area contributed by atoms with Crippen LogP contribution in [0.1, 0.15) is 99.3 Å². The average Bonchev–Trinajstić information content (AvgIpc) is 3.09. The summed E-state index contributed by atoms with van der Waals surface area (Å²) in [7, 11) is 0.0770. The number of halogens is 3. The van der Waals surface area contributed by atoms with Gasteiger partial charge in [-0.05, 0) is 92.4 Å². The van der Waals surface area contributed by atoms with E-state index >= 15 is 0 Å². The van der Waals surface area contributed by atoms with Crippen molar-refractivity contribution in [2.45, 2.75) is 121 Å². The minimum absolute atomic E-state index is 0.0770. The molecule has 0 aliphatic carbocycles. The molecule has 0 saturated carbocycles. The van der Waals surface area contributed by atoms with E-state index in [9.17, 15) is 24.3 Å². The predicted molar refractivity (Wildman–Crippen MR) is 216 cm³/mol. The van der Waals surface area contributed by atoms with Crippen molar-refractivity contribution in [3.05, 3.63) is 53.6 Å². The van der Waals surface area contributed by atoms with Gasteiger partial charge in [0, 0.05) is 6.54 Å². The third-order valence-corrected chi connectivity index (χ3v) is 10.9. The lowest BCUT2D eigenvalue weighted by molar-refractivity contribution is -0.152. The number of fused-ring (bicyclic) bond motifs is 1. The van der Waals surface area contributed by atoms with Gasteiger partial charge in [0.05, 0.1) is 17.1 Å². The second-order valence-corrected chi connectivity index (χ2v) is 20.4. The number of rotatable bonds is 14. The number of aliphatic hydroxyl groups excluding tert-OH is 1. The van der Waals surface area contributed by atoms with Crippen molar-refractivity contribution >= 4 is 85.1 Å². The van der Waals surface area contributed by atoms with Crippen LogP contribution in [-0.2, 0) is 28.3 Å². The molecular formula is C39H55Cl3N4O7Si. The Kier molecular flexibility index (Phi) is 15.6. The fourth-order valence-corrected chi connectivity index (χ4v) is 6.58. The van der Waals surface area contributed by atoms with E-state index in [4.69, 9.17) is 44.0 Å².